The van der Waals surface area contributed by atoms with Crippen LogP contribution in [0.2, 0.25) is 5.02 Å². The predicted molar refractivity (Wildman–Crippen MR) is 108 cm³/mol. The van der Waals surface area contributed by atoms with Crippen LogP contribution in [0.3, 0.4) is 0 Å². The van der Waals surface area contributed by atoms with Crippen LogP contribution in [0, 0.1) is 13.8 Å². The van der Waals surface area contributed by atoms with Gasteiger partial charge in [0, 0.05) is 10.7 Å². The molecule has 1 amide bonds. The van der Waals surface area contributed by atoms with Crippen LogP contribution in [0.5, 0.6) is 0 Å². The molecule has 0 radical (unpaired) electrons. The zero-order chi connectivity index (χ0) is 19.0. The van der Waals surface area contributed by atoms with Crippen molar-refractivity contribution in [2.45, 2.75) is 30.3 Å². The maximum absolute atomic E-state index is 13.1. The molecule has 0 saturated heterocycles. The van der Waals surface area contributed by atoms with E-state index < -0.39 is 5.25 Å². The SMILES string of the molecule is Cc1ccc(NC(=O)[C@H]2Sc3nnc(C)n3N[C@H]2c2ccc(Cl)cc2)cc1. The summed E-state index contributed by atoms with van der Waals surface area (Å²) in [5.74, 6) is 0.650. The highest BCUT2D eigenvalue weighted by atomic mass is 35.5. The summed E-state index contributed by atoms with van der Waals surface area (Å²) in [6, 6.07) is 15.0. The van der Waals surface area contributed by atoms with Crippen molar-refractivity contribution in [3.63, 3.8) is 0 Å². The minimum absolute atomic E-state index is 0.0943. The molecule has 0 saturated carbocycles. The number of nitrogens with zero attached hydrogens (tertiary/aromatic N) is 3. The molecule has 2 aromatic carbocycles. The van der Waals surface area contributed by atoms with Gasteiger partial charge in [-0.3, -0.25) is 4.79 Å². The summed E-state index contributed by atoms with van der Waals surface area (Å²) in [5.41, 5.74) is 6.25. The molecule has 0 unspecified atom stereocenters. The van der Waals surface area contributed by atoms with E-state index in [0.29, 0.717) is 10.2 Å². The highest BCUT2D eigenvalue weighted by molar-refractivity contribution is 8.00. The normalized spacial score (nSPS) is 18.5. The largest absolute Gasteiger partial charge is 0.325 e. The average molecular weight is 400 g/mol. The third-order valence-electron chi connectivity index (χ3n) is 4.41. The van der Waals surface area contributed by atoms with E-state index in [0.717, 1.165) is 22.6 Å². The van der Waals surface area contributed by atoms with Gasteiger partial charge in [0.25, 0.3) is 0 Å². The number of hydrogen-bond acceptors (Lipinski definition) is 5. The van der Waals surface area contributed by atoms with Crippen molar-refractivity contribution < 1.29 is 4.79 Å². The van der Waals surface area contributed by atoms with Crippen molar-refractivity contribution in [1.82, 2.24) is 14.9 Å². The van der Waals surface area contributed by atoms with Crippen molar-refractivity contribution in [2.75, 3.05) is 10.7 Å². The van der Waals surface area contributed by atoms with Crippen LogP contribution in [-0.4, -0.2) is 26.0 Å². The quantitative estimate of drug-likeness (QED) is 0.697. The summed E-state index contributed by atoms with van der Waals surface area (Å²) in [6.45, 7) is 3.88. The van der Waals surface area contributed by atoms with Gasteiger partial charge >= 0.3 is 0 Å². The van der Waals surface area contributed by atoms with Crippen molar-refractivity contribution in [1.29, 1.82) is 0 Å². The first-order valence-electron chi connectivity index (χ1n) is 8.49. The maximum atomic E-state index is 13.1. The Morgan fingerprint density at radius 3 is 2.52 bits per heavy atom. The Labute approximate surface area is 166 Å². The van der Waals surface area contributed by atoms with E-state index >= 15 is 0 Å². The van der Waals surface area contributed by atoms with Crippen LogP contribution in [-0.2, 0) is 4.79 Å². The number of thioether (sulfide) groups is 1. The number of aromatic nitrogens is 3. The lowest BCUT2D eigenvalue weighted by molar-refractivity contribution is -0.116. The molecule has 2 heterocycles. The van der Waals surface area contributed by atoms with Gasteiger partial charge in [0.05, 0.1) is 6.04 Å². The first kappa shape index (κ1) is 17.9. The molecule has 0 spiro atoms. The third kappa shape index (κ3) is 3.65. The number of anilines is 1. The zero-order valence-corrected chi connectivity index (χ0v) is 16.4. The Morgan fingerprint density at radius 1 is 1.11 bits per heavy atom. The number of aryl methyl sites for hydroxylation is 2. The van der Waals surface area contributed by atoms with Crippen LogP contribution in [0.1, 0.15) is 23.0 Å². The molecule has 1 aliphatic heterocycles. The molecule has 1 aromatic heterocycles. The summed E-state index contributed by atoms with van der Waals surface area (Å²) in [4.78, 5) is 13.1. The zero-order valence-electron chi connectivity index (χ0n) is 14.8. The van der Waals surface area contributed by atoms with E-state index in [1.54, 1.807) is 0 Å². The fraction of sp³-hybridized carbons (Fsp3) is 0.211. The first-order chi connectivity index (χ1) is 13.0. The molecule has 2 atom stereocenters. The first-order valence-corrected chi connectivity index (χ1v) is 9.75. The maximum Gasteiger partial charge on any atom is 0.240 e. The molecule has 3 aromatic rings. The Morgan fingerprint density at radius 2 is 1.81 bits per heavy atom. The van der Waals surface area contributed by atoms with Crippen molar-refractivity contribution in [3.05, 3.63) is 70.5 Å². The average Bonchev–Trinajstić information content (AvgIpc) is 3.03. The van der Waals surface area contributed by atoms with Gasteiger partial charge in [0.15, 0.2) is 0 Å². The van der Waals surface area contributed by atoms with Gasteiger partial charge in [-0.15, -0.1) is 10.2 Å². The molecule has 1 aliphatic rings. The van der Waals surface area contributed by atoms with E-state index in [9.17, 15) is 4.79 Å². The molecule has 6 nitrogen and oxygen atoms in total. The van der Waals surface area contributed by atoms with Gasteiger partial charge < -0.3 is 10.7 Å². The highest BCUT2D eigenvalue weighted by Crippen LogP contribution is 2.37. The molecule has 0 aliphatic carbocycles. The Bertz CT molecular complexity index is 971. The van der Waals surface area contributed by atoms with Crippen LogP contribution >= 0.6 is 23.4 Å². The number of hydrogen-bond donors (Lipinski definition) is 2. The van der Waals surface area contributed by atoms with Gasteiger partial charge in [0.1, 0.15) is 11.1 Å². The number of fused-ring (bicyclic) bond motifs is 1. The molecule has 4 rings (SSSR count). The van der Waals surface area contributed by atoms with Crippen LogP contribution in [0.4, 0.5) is 5.69 Å². The summed E-state index contributed by atoms with van der Waals surface area (Å²) < 4.78 is 1.82. The number of nitrogens with one attached hydrogen (secondary N) is 2. The number of benzene rings is 2. The number of carbonyl (C=O) groups is 1. The number of carbonyl (C=O) groups excluding carboxylic acids is 1. The van der Waals surface area contributed by atoms with Gasteiger partial charge in [-0.05, 0) is 43.7 Å². The van der Waals surface area contributed by atoms with Crippen LogP contribution in [0.25, 0.3) is 0 Å². The van der Waals surface area contributed by atoms with E-state index in [1.807, 2.05) is 67.1 Å². The van der Waals surface area contributed by atoms with Gasteiger partial charge in [0.2, 0.25) is 11.1 Å². The van der Waals surface area contributed by atoms with Crippen molar-refractivity contribution in [2.24, 2.45) is 0 Å². The lowest BCUT2D eigenvalue weighted by atomic mass is 10.0. The van der Waals surface area contributed by atoms with Gasteiger partial charge in [-0.25, -0.2) is 4.68 Å². The number of amides is 1. The molecule has 27 heavy (non-hydrogen) atoms. The second-order valence-corrected chi connectivity index (χ2v) is 7.96. The summed E-state index contributed by atoms with van der Waals surface area (Å²) >= 11 is 7.43. The topological polar surface area (TPSA) is 71.8 Å². The molecule has 0 fully saturated rings. The minimum atomic E-state index is -0.413. The number of rotatable bonds is 3. The van der Waals surface area contributed by atoms with Gasteiger partial charge in [-0.1, -0.05) is 53.2 Å². The third-order valence-corrected chi connectivity index (χ3v) is 5.87. The molecule has 2 N–H and O–H groups in total. The van der Waals surface area contributed by atoms with Gasteiger partial charge in [-0.2, -0.15) is 0 Å². The fourth-order valence-corrected chi connectivity index (χ4v) is 4.18. The molecule has 0 bridgehead atoms. The second kappa shape index (κ2) is 7.25. The van der Waals surface area contributed by atoms with E-state index in [4.69, 9.17) is 11.6 Å². The van der Waals surface area contributed by atoms with E-state index in [2.05, 4.69) is 20.9 Å². The second-order valence-electron chi connectivity index (χ2n) is 6.42. The Kier molecular flexibility index (Phi) is 4.80. The minimum Gasteiger partial charge on any atom is -0.325 e. The summed E-state index contributed by atoms with van der Waals surface area (Å²) in [7, 11) is 0. The predicted octanol–water partition coefficient (Wildman–Crippen LogP) is 3.95. The number of halogens is 1. The fourth-order valence-electron chi connectivity index (χ4n) is 2.93. The van der Waals surface area contributed by atoms with E-state index in [1.165, 1.54) is 11.8 Å². The smallest absolute Gasteiger partial charge is 0.240 e. The van der Waals surface area contributed by atoms with Crippen molar-refractivity contribution in [3.8, 4) is 0 Å². The monoisotopic (exact) mass is 399 g/mol. The molecule has 138 valence electrons. The van der Waals surface area contributed by atoms with E-state index in [-0.39, 0.29) is 11.9 Å². The standard InChI is InChI=1S/C19H18ClN5OS/c1-11-3-9-15(10-4-11)21-18(26)17-16(13-5-7-14(20)8-6-13)24-25-12(2)22-23-19(25)27-17/h3-10,16-17,24H,1-2H3,(H,21,26)/t16-,17-/m0/s1. The summed E-state index contributed by atoms with van der Waals surface area (Å²) in [5, 5.41) is 12.2. The molecule has 8 heteroatoms. The van der Waals surface area contributed by atoms with Crippen LogP contribution < -0.4 is 10.7 Å². The van der Waals surface area contributed by atoms with Crippen LogP contribution in [0.15, 0.2) is 53.7 Å². The lowest BCUT2D eigenvalue weighted by Gasteiger charge is -2.32. The lowest BCUT2D eigenvalue weighted by Crippen LogP contribution is -2.41. The molecular weight excluding hydrogens is 382 g/mol. The Balaban J connectivity index is 1.65. The Hall–Kier alpha value is -2.51. The summed E-state index contributed by atoms with van der Waals surface area (Å²) in [6.07, 6.45) is 0. The highest BCUT2D eigenvalue weighted by Gasteiger charge is 2.37. The van der Waals surface area contributed by atoms with Crippen molar-refractivity contribution >= 4 is 35.0 Å². The molecular formula is C19H18ClN5OS.